The molecule has 96 valence electrons. The molecule has 0 atom stereocenters. The fourth-order valence-electron chi connectivity index (χ4n) is 1.59. The van der Waals surface area contributed by atoms with Crippen molar-refractivity contribution in [1.82, 2.24) is 0 Å². The third-order valence-electron chi connectivity index (χ3n) is 2.62. The first kappa shape index (κ1) is 13.4. The zero-order valence-corrected chi connectivity index (χ0v) is 11.5. The summed E-state index contributed by atoms with van der Waals surface area (Å²) < 4.78 is 0. The van der Waals surface area contributed by atoms with E-state index in [1.54, 1.807) is 0 Å². The molecule has 2 aromatic rings. The molecule has 0 spiro atoms. The first-order valence-corrected chi connectivity index (χ1v) is 6.78. The Labute approximate surface area is 117 Å². The van der Waals surface area contributed by atoms with Gasteiger partial charge in [-0.1, -0.05) is 48.0 Å². The van der Waals surface area contributed by atoms with Crippen LogP contribution in [-0.2, 0) is 4.79 Å². The number of hydrogen-bond donors (Lipinski definition) is 1. The average Bonchev–Trinajstić information content (AvgIpc) is 2.40. The molecule has 0 aromatic heterocycles. The van der Waals surface area contributed by atoms with Crippen LogP contribution in [0.1, 0.15) is 11.1 Å². The van der Waals surface area contributed by atoms with Crippen LogP contribution >= 0.6 is 11.8 Å². The first-order valence-electron chi connectivity index (χ1n) is 5.96. The quantitative estimate of drug-likeness (QED) is 0.683. The second-order valence-corrected chi connectivity index (χ2v) is 5.28. The minimum absolute atomic E-state index is 0.0655. The first-order chi connectivity index (χ1) is 9.15. The van der Waals surface area contributed by atoms with E-state index in [1.165, 1.54) is 23.4 Å². The zero-order valence-electron chi connectivity index (χ0n) is 10.7. The predicted octanol–water partition coefficient (Wildman–Crippen LogP) is 3.61. The van der Waals surface area contributed by atoms with Gasteiger partial charge in [-0.25, -0.2) is 0 Å². The Morgan fingerprint density at radius 3 is 2.32 bits per heavy atom. The number of nitrogens with two attached hydrogens (primary N) is 1. The molecule has 3 heteroatoms. The Morgan fingerprint density at radius 2 is 1.68 bits per heavy atom. The van der Waals surface area contributed by atoms with E-state index in [-0.39, 0.29) is 5.12 Å². The van der Waals surface area contributed by atoms with Gasteiger partial charge in [-0.3, -0.25) is 4.79 Å². The molecular formula is C16H15NOS. The van der Waals surface area contributed by atoms with Crippen molar-refractivity contribution in [2.45, 2.75) is 11.8 Å². The van der Waals surface area contributed by atoms with Crippen molar-refractivity contribution in [1.29, 1.82) is 0 Å². The molecule has 0 unspecified atom stereocenters. The molecule has 2 aromatic carbocycles. The highest BCUT2D eigenvalue weighted by atomic mass is 32.2. The summed E-state index contributed by atoms with van der Waals surface area (Å²) in [6.45, 7) is 2.01. The molecular weight excluding hydrogens is 254 g/mol. The van der Waals surface area contributed by atoms with Crippen molar-refractivity contribution < 1.29 is 4.79 Å². The summed E-state index contributed by atoms with van der Waals surface area (Å²) in [6.07, 6.45) is 1.47. The van der Waals surface area contributed by atoms with Crippen LogP contribution in [0.25, 0.3) is 5.70 Å². The van der Waals surface area contributed by atoms with Gasteiger partial charge in [0.25, 0.3) is 0 Å². The number of carbonyl (C=O) groups excluding carboxylic acids is 1. The topological polar surface area (TPSA) is 43.1 Å². The van der Waals surface area contributed by atoms with Crippen LogP contribution in [0.5, 0.6) is 0 Å². The molecule has 0 fully saturated rings. The van der Waals surface area contributed by atoms with Gasteiger partial charge in [0.1, 0.15) is 0 Å². The van der Waals surface area contributed by atoms with Crippen molar-refractivity contribution in [3.8, 4) is 0 Å². The van der Waals surface area contributed by atoms with Crippen molar-refractivity contribution >= 4 is 22.6 Å². The maximum atomic E-state index is 11.9. The van der Waals surface area contributed by atoms with Crippen LogP contribution in [0, 0.1) is 6.92 Å². The summed E-state index contributed by atoms with van der Waals surface area (Å²) in [5, 5.41) is -0.0655. The van der Waals surface area contributed by atoms with E-state index in [0.717, 1.165) is 10.5 Å². The van der Waals surface area contributed by atoms with E-state index in [2.05, 4.69) is 0 Å². The zero-order chi connectivity index (χ0) is 13.7. The van der Waals surface area contributed by atoms with Gasteiger partial charge in [0.2, 0.25) is 5.12 Å². The maximum Gasteiger partial charge on any atom is 0.218 e. The fourth-order valence-corrected chi connectivity index (χ4v) is 2.30. The SMILES string of the molecule is Cc1ccc(/C(N)=C/C(=O)Sc2ccccc2)cc1. The molecule has 2 rings (SSSR count). The third-order valence-corrected chi connectivity index (χ3v) is 3.45. The molecule has 0 heterocycles. The summed E-state index contributed by atoms with van der Waals surface area (Å²) in [6, 6.07) is 17.3. The Kier molecular flexibility index (Phi) is 4.42. The minimum atomic E-state index is -0.0655. The van der Waals surface area contributed by atoms with E-state index in [4.69, 9.17) is 5.73 Å². The molecule has 0 radical (unpaired) electrons. The molecule has 2 nitrogen and oxygen atoms in total. The Bertz CT molecular complexity index is 588. The average molecular weight is 269 g/mol. The summed E-state index contributed by atoms with van der Waals surface area (Å²) in [5.41, 5.74) is 8.46. The lowest BCUT2D eigenvalue weighted by Gasteiger charge is -2.02. The highest BCUT2D eigenvalue weighted by Crippen LogP contribution is 2.20. The van der Waals surface area contributed by atoms with Gasteiger partial charge >= 0.3 is 0 Å². The van der Waals surface area contributed by atoms with E-state index >= 15 is 0 Å². The van der Waals surface area contributed by atoms with Gasteiger partial charge < -0.3 is 5.73 Å². The lowest BCUT2D eigenvalue weighted by Crippen LogP contribution is -1.99. The maximum absolute atomic E-state index is 11.9. The molecule has 0 bridgehead atoms. The van der Waals surface area contributed by atoms with Crippen molar-refractivity contribution in [3.05, 3.63) is 71.8 Å². The number of carbonyl (C=O) groups is 1. The van der Waals surface area contributed by atoms with Gasteiger partial charge in [-0.2, -0.15) is 0 Å². The van der Waals surface area contributed by atoms with Gasteiger partial charge in [0, 0.05) is 16.7 Å². The summed E-state index contributed by atoms with van der Waals surface area (Å²) >= 11 is 1.17. The van der Waals surface area contributed by atoms with Crippen LogP contribution in [0.4, 0.5) is 0 Å². The van der Waals surface area contributed by atoms with Gasteiger partial charge in [0.15, 0.2) is 0 Å². The number of aryl methyl sites for hydroxylation is 1. The summed E-state index contributed by atoms with van der Waals surface area (Å²) in [5.74, 6) is 0. The Hall–Kier alpha value is -2.00. The Morgan fingerprint density at radius 1 is 1.05 bits per heavy atom. The normalized spacial score (nSPS) is 11.3. The predicted molar refractivity (Wildman–Crippen MR) is 80.6 cm³/mol. The molecule has 0 aliphatic heterocycles. The summed E-state index contributed by atoms with van der Waals surface area (Å²) in [4.78, 5) is 12.8. The standard InChI is InChI=1S/C16H15NOS/c1-12-7-9-13(10-8-12)15(17)11-16(18)19-14-5-3-2-4-6-14/h2-11H,17H2,1H3/b15-11-. The van der Waals surface area contributed by atoms with Gasteiger partial charge in [-0.15, -0.1) is 0 Å². The molecule has 0 saturated heterocycles. The van der Waals surface area contributed by atoms with Gasteiger partial charge in [0.05, 0.1) is 0 Å². The van der Waals surface area contributed by atoms with Crippen LogP contribution in [-0.4, -0.2) is 5.12 Å². The lowest BCUT2D eigenvalue weighted by atomic mass is 10.1. The molecule has 19 heavy (non-hydrogen) atoms. The minimum Gasteiger partial charge on any atom is -0.398 e. The Balaban J connectivity index is 2.08. The lowest BCUT2D eigenvalue weighted by molar-refractivity contribution is -0.107. The second-order valence-electron chi connectivity index (χ2n) is 4.20. The number of hydrogen-bond acceptors (Lipinski definition) is 3. The second kappa shape index (κ2) is 6.25. The highest BCUT2D eigenvalue weighted by molar-refractivity contribution is 8.14. The number of thioether (sulfide) groups is 1. The van der Waals surface area contributed by atoms with Crippen molar-refractivity contribution in [3.63, 3.8) is 0 Å². The number of rotatable bonds is 3. The monoisotopic (exact) mass is 269 g/mol. The molecule has 2 N–H and O–H groups in total. The van der Waals surface area contributed by atoms with Gasteiger partial charge in [-0.05, 0) is 36.4 Å². The molecule has 0 aliphatic rings. The highest BCUT2D eigenvalue weighted by Gasteiger charge is 2.03. The van der Waals surface area contributed by atoms with Crippen molar-refractivity contribution in [2.75, 3.05) is 0 Å². The largest absolute Gasteiger partial charge is 0.398 e. The molecule has 0 amide bonds. The number of benzene rings is 2. The third kappa shape index (κ3) is 4.00. The molecule has 0 aliphatic carbocycles. The van der Waals surface area contributed by atoms with Crippen LogP contribution < -0.4 is 5.73 Å². The van der Waals surface area contributed by atoms with E-state index in [9.17, 15) is 4.79 Å². The fraction of sp³-hybridized carbons (Fsp3) is 0.0625. The van der Waals surface area contributed by atoms with E-state index in [0.29, 0.717) is 5.70 Å². The van der Waals surface area contributed by atoms with Crippen LogP contribution in [0.15, 0.2) is 65.6 Å². The van der Waals surface area contributed by atoms with Crippen LogP contribution in [0.3, 0.4) is 0 Å². The molecule has 0 saturated carbocycles. The summed E-state index contributed by atoms with van der Waals surface area (Å²) in [7, 11) is 0. The van der Waals surface area contributed by atoms with E-state index in [1.807, 2.05) is 61.5 Å². The van der Waals surface area contributed by atoms with Crippen molar-refractivity contribution in [2.24, 2.45) is 5.73 Å². The smallest absolute Gasteiger partial charge is 0.218 e. The van der Waals surface area contributed by atoms with Crippen LogP contribution in [0.2, 0.25) is 0 Å². The van der Waals surface area contributed by atoms with E-state index < -0.39 is 0 Å².